The van der Waals surface area contributed by atoms with E-state index in [-0.39, 0.29) is 16.5 Å². The molecule has 0 bridgehead atoms. The number of hydrogen-bond acceptors (Lipinski definition) is 4. The van der Waals surface area contributed by atoms with Crippen LogP contribution in [0.25, 0.3) is 0 Å². The quantitative estimate of drug-likeness (QED) is 0.784. The van der Waals surface area contributed by atoms with E-state index in [4.69, 9.17) is 0 Å². The number of hydrogen-bond donors (Lipinski definition) is 2. The number of carbonyl (C=O) groups is 2. The zero-order valence-electron chi connectivity index (χ0n) is 15.8. The molecule has 152 valence electrons. The molecule has 0 spiro atoms. The van der Waals surface area contributed by atoms with E-state index in [1.54, 1.807) is 41.3 Å². The van der Waals surface area contributed by atoms with Gasteiger partial charge in [-0.1, -0.05) is 6.07 Å². The fourth-order valence-electron chi connectivity index (χ4n) is 3.52. The molecular formula is C20H22N4O4S. The van der Waals surface area contributed by atoms with Crippen molar-refractivity contribution in [2.75, 3.05) is 36.4 Å². The molecule has 0 atom stereocenters. The molecule has 0 radical (unpaired) electrons. The van der Waals surface area contributed by atoms with E-state index >= 15 is 0 Å². The fraction of sp³-hybridized carbons (Fsp3) is 0.300. The third-order valence-electron chi connectivity index (χ3n) is 5.09. The lowest BCUT2D eigenvalue weighted by atomic mass is 10.2. The van der Waals surface area contributed by atoms with E-state index in [1.165, 1.54) is 16.4 Å². The standard InChI is InChI=1S/C20H22N4O4S/c25-19(22-16-6-8-17(9-7-16)24-13-10-21-20(24)26)15-4-3-5-18(14-15)29(27,28)23-11-1-2-12-23/h3-9,14H,1-2,10-13H2,(H,21,26)(H,22,25). The van der Waals surface area contributed by atoms with Gasteiger partial charge >= 0.3 is 6.03 Å². The van der Waals surface area contributed by atoms with Crippen LogP contribution in [-0.2, 0) is 10.0 Å². The number of anilines is 2. The average molecular weight is 414 g/mol. The van der Waals surface area contributed by atoms with Gasteiger partial charge in [-0.05, 0) is 55.3 Å². The first-order valence-corrected chi connectivity index (χ1v) is 11.0. The third kappa shape index (κ3) is 3.96. The van der Waals surface area contributed by atoms with Gasteiger partial charge in [0, 0.05) is 43.1 Å². The monoisotopic (exact) mass is 414 g/mol. The Bertz CT molecular complexity index is 1030. The van der Waals surface area contributed by atoms with E-state index < -0.39 is 15.9 Å². The second-order valence-corrected chi connectivity index (χ2v) is 8.96. The Kier molecular flexibility index (Phi) is 5.25. The Morgan fingerprint density at radius 1 is 1.00 bits per heavy atom. The number of carbonyl (C=O) groups excluding carboxylic acids is 2. The molecule has 2 aromatic carbocycles. The van der Waals surface area contributed by atoms with E-state index in [0.29, 0.717) is 31.9 Å². The summed E-state index contributed by atoms with van der Waals surface area (Å²) in [6, 6.07) is 12.9. The molecule has 2 N–H and O–H groups in total. The normalized spacial score (nSPS) is 17.4. The number of rotatable bonds is 5. The van der Waals surface area contributed by atoms with Gasteiger partial charge < -0.3 is 10.6 Å². The second kappa shape index (κ2) is 7.84. The summed E-state index contributed by atoms with van der Waals surface area (Å²) in [5.41, 5.74) is 1.58. The van der Waals surface area contributed by atoms with Crippen molar-refractivity contribution in [3.63, 3.8) is 0 Å². The largest absolute Gasteiger partial charge is 0.336 e. The van der Waals surface area contributed by atoms with Crippen LogP contribution in [0.1, 0.15) is 23.2 Å². The van der Waals surface area contributed by atoms with E-state index in [2.05, 4.69) is 10.6 Å². The molecule has 2 saturated heterocycles. The highest BCUT2D eigenvalue weighted by molar-refractivity contribution is 7.89. The van der Waals surface area contributed by atoms with Crippen molar-refractivity contribution in [2.24, 2.45) is 0 Å². The molecule has 2 aliphatic heterocycles. The summed E-state index contributed by atoms with van der Waals surface area (Å²) >= 11 is 0. The highest BCUT2D eigenvalue weighted by Gasteiger charge is 2.27. The van der Waals surface area contributed by atoms with Crippen LogP contribution in [0.15, 0.2) is 53.4 Å². The van der Waals surface area contributed by atoms with Crippen LogP contribution in [0.4, 0.5) is 16.2 Å². The Morgan fingerprint density at radius 2 is 1.72 bits per heavy atom. The van der Waals surface area contributed by atoms with Gasteiger partial charge in [-0.15, -0.1) is 0 Å². The molecule has 8 nitrogen and oxygen atoms in total. The summed E-state index contributed by atoms with van der Waals surface area (Å²) in [7, 11) is -3.58. The molecule has 2 fully saturated rings. The van der Waals surface area contributed by atoms with Crippen molar-refractivity contribution in [2.45, 2.75) is 17.7 Å². The fourth-order valence-corrected chi connectivity index (χ4v) is 5.08. The molecule has 9 heteroatoms. The number of nitrogens with one attached hydrogen (secondary N) is 2. The number of urea groups is 1. The molecular weight excluding hydrogens is 392 g/mol. The molecule has 0 aromatic heterocycles. The Balaban J connectivity index is 1.48. The maximum Gasteiger partial charge on any atom is 0.321 e. The average Bonchev–Trinajstić information content (AvgIpc) is 3.41. The Hall–Kier alpha value is -2.91. The second-order valence-electron chi connectivity index (χ2n) is 7.02. The summed E-state index contributed by atoms with van der Waals surface area (Å²) in [6.07, 6.45) is 1.71. The first kappa shape index (κ1) is 19.4. The molecule has 2 heterocycles. The Morgan fingerprint density at radius 3 is 2.38 bits per heavy atom. The molecule has 3 amide bonds. The highest BCUT2D eigenvalue weighted by atomic mass is 32.2. The minimum absolute atomic E-state index is 0.127. The van der Waals surface area contributed by atoms with Crippen molar-refractivity contribution in [1.29, 1.82) is 0 Å². The van der Waals surface area contributed by atoms with Crippen LogP contribution >= 0.6 is 0 Å². The molecule has 0 unspecified atom stereocenters. The van der Waals surface area contributed by atoms with Crippen LogP contribution in [0, 0.1) is 0 Å². The van der Waals surface area contributed by atoms with Crippen LogP contribution < -0.4 is 15.5 Å². The van der Waals surface area contributed by atoms with Crippen molar-refractivity contribution in [3.8, 4) is 0 Å². The van der Waals surface area contributed by atoms with Crippen LogP contribution in [-0.4, -0.2) is 50.8 Å². The predicted octanol–water partition coefficient (Wildman–Crippen LogP) is 2.25. The first-order chi connectivity index (χ1) is 13.9. The lowest BCUT2D eigenvalue weighted by Crippen LogP contribution is -2.28. The lowest BCUT2D eigenvalue weighted by molar-refractivity contribution is 0.102. The topological polar surface area (TPSA) is 98.8 Å². The Labute approximate surface area is 169 Å². The number of amides is 3. The van der Waals surface area contributed by atoms with Crippen LogP contribution in [0.2, 0.25) is 0 Å². The van der Waals surface area contributed by atoms with Gasteiger partial charge in [-0.2, -0.15) is 4.31 Å². The number of benzene rings is 2. The SMILES string of the molecule is O=C(Nc1ccc(N2CCNC2=O)cc1)c1cccc(S(=O)(=O)N2CCCC2)c1. The zero-order valence-corrected chi connectivity index (χ0v) is 16.6. The van der Waals surface area contributed by atoms with E-state index in [0.717, 1.165) is 18.5 Å². The highest BCUT2D eigenvalue weighted by Crippen LogP contribution is 2.23. The van der Waals surface area contributed by atoms with Crippen molar-refractivity contribution < 1.29 is 18.0 Å². The van der Waals surface area contributed by atoms with Crippen molar-refractivity contribution in [3.05, 3.63) is 54.1 Å². The van der Waals surface area contributed by atoms with Gasteiger partial charge in [0.15, 0.2) is 0 Å². The summed E-state index contributed by atoms with van der Waals surface area (Å²) in [4.78, 5) is 26.1. The maximum atomic E-state index is 12.7. The number of sulfonamides is 1. The first-order valence-electron chi connectivity index (χ1n) is 9.52. The molecule has 0 saturated carbocycles. The van der Waals surface area contributed by atoms with Gasteiger partial charge in [0.1, 0.15) is 0 Å². The minimum atomic E-state index is -3.58. The van der Waals surface area contributed by atoms with Gasteiger partial charge in [0.25, 0.3) is 5.91 Å². The van der Waals surface area contributed by atoms with Gasteiger partial charge in [-0.3, -0.25) is 9.69 Å². The van der Waals surface area contributed by atoms with Gasteiger partial charge in [0.2, 0.25) is 10.0 Å². The number of nitrogens with zero attached hydrogens (tertiary/aromatic N) is 2. The molecule has 0 aliphatic carbocycles. The van der Waals surface area contributed by atoms with Crippen LogP contribution in [0.5, 0.6) is 0 Å². The molecule has 2 aliphatic rings. The zero-order chi connectivity index (χ0) is 20.4. The molecule has 2 aromatic rings. The van der Waals surface area contributed by atoms with Crippen LogP contribution in [0.3, 0.4) is 0 Å². The summed E-state index contributed by atoms with van der Waals surface area (Å²) in [5.74, 6) is -0.393. The predicted molar refractivity (Wildman–Crippen MR) is 110 cm³/mol. The maximum absolute atomic E-state index is 12.7. The molecule has 4 rings (SSSR count). The third-order valence-corrected chi connectivity index (χ3v) is 6.99. The summed E-state index contributed by atoms with van der Waals surface area (Å²) < 4.78 is 26.9. The van der Waals surface area contributed by atoms with Gasteiger partial charge in [-0.25, -0.2) is 13.2 Å². The summed E-state index contributed by atoms with van der Waals surface area (Å²) in [5, 5.41) is 5.51. The smallest absolute Gasteiger partial charge is 0.321 e. The van der Waals surface area contributed by atoms with E-state index in [9.17, 15) is 18.0 Å². The molecule has 29 heavy (non-hydrogen) atoms. The minimum Gasteiger partial charge on any atom is -0.336 e. The van der Waals surface area contributed by atoms with Gasteiger partial charge in [0.05, 0.1) is 4.90 Å². The van der Waals surface area contributed by atoms with Crippen molar-refractivity contribution in [1.82, 2.24) is 9.62 Å². The lowest BCUT2D eigenvalue weighted by Gasteiger charge is -2.16. The van der Waals surface area contributed by atoms with Crippen molar-refractivity contribution >= 4 is 33.3 Å². The van der Waals surface area contributed by atoms with E-state index in [1.807, 2.05) is 0 Å². The summed E-state index contributed by atoms with van der Waals surface area (Å²) in [6.45, 7) is 2.23.